The standard InChI is InChI=1S/C19H22N2O4S/c22-17-6-4-5-16(14-17)20-19(23)13-15-7-9-18(10-8-15)26(24,25)21-11-2-1-3-12-21/h4-10,14,22H,1-3,11-13H2,(H,20,23). The van der Waals surface area contributed by atoms with Crippen LogP contribution in [0.3, 0.4) is 0 Å². The number of hydrogen-bond acceptors (Lipinski definition) is 4. The number of phenolic OH excluding ortho intramolecular Hbond substituents is 1. The highest BCUT2D eigenvalue weighted by Crippen LogP contribution is 2.21. The summed E-state index contributed by atoms with van der Waals surface area (Å²) < 4.78 is 26.8. The van der Waals surface area contributed by atoms with E-state index in [1.165, 1.54) is 16.4 Å². The lowest BCUT2D eigenvalue weighted by Crippen LogP contribution is -2.35. The molecule has 2 aromatic rings. The number of rotatable bonds is 5. The van der Waals surface area contributed by atoms with Gasteiger partial charge in [-0.15, -0.1) is 0 Å². The van der Waals surface area contributed by atoms with E-state index in [0.29, 0.717) is 18.8 Å². The Bertz CT molecular complexity index is 873. The van der Waals surface area contributed by atoms with Gasteiger partial charge in [0.15, 0.2) is 0 Å². The second-order valence-corrected chi connectivity index (χ2v) is 8.32. The Labute approximate surface area is 153 Å². The summed E-state index contributed by atoms with van der Waals surface area (Å²) in [7, 11) is -3.46. The monoisotopic (exact) mass is 374 g/mol. The number of nitrogens with one attached hydrogen (secondary N) is 1. The first-order chi connectivity index (χ1) is 12.4. The summed E-state index contributed by atoms with van der Waals surface area (Å²) in [5, 5.41) is 12.1. The molecule has 0 radical (unpaired) electrons. The Morgan fingerprint density at radius 1 is 1.04 bits per heavy atom. The van der Waals surface area contributed by atoms with Gasteiger partial charge in [0.05, 0.1) is 11.3 Å². The van der Waals surface area contributed by atoms with Gasteiger partial charge in [0, 0.05) is 24.8 Å². The molecule has 2 N–H and O–H groups in total. The first kappa shape index (κ1) is 18.4. The van der Waals surface area contributed by atoms with E-state index in [1.54, 1.807) is 36.4 Å². The molecular weight excluding hydrogens is 352 g/mol. The van der Waals surface area contributed by atoms with Gasteiger partial charge in [-0.05, 0) is 42.7 Å². The summed E-state index contributed by atoms with van der Waals surface area (Å²) in [5.74, 6) is -0.155. The van der Waals surface area contributed by atoms with E-state index in [0.717, 1.165) is 24.8 Å². The predicted octanol–water partition coefficient (Wildman–Crippen LogP) is 2.75. The quantitative estimate of drug-likeness (QED) is 0.842. The van der Waals surface area contributed by atoms with Crippen LogP contribution in [0.5, 0.6) is 5.75 Å². The van der Waals surface area contributed by atoms with E-state index in [4.69, 9.17) is 0 Å². The molecule has 1 aliphatic rings. The Kier molecular flexibility index (Phi) is 5.58. The number of nitrogens with zero attached hydrogens (tertiary/aromatic N) is 1. The van der Waals surface area contributed by atoms with Crippen molar-refractivity contribution < 1.29 is 18.3 Å². The second-order valence-electron chi connectivity index (χ2n) is 6.38. The zero-order valence-electron chi connectivity index (χ0n) is 14.4. The van der Waals surface area contributed by atoms with Crippen LogP contribution in [0.25, 0.3) is 0 Å². The number of amides is 1. The lowest BCUT2D eigenvalue weighted by Gasteiger charge is -2.25. The number of carbonyl (C=O) groups excluding carboxylic acids is 1. The minimum absolute atomic E-state index is 0.0788. The molecule has 0 aromatic heterocycles. The maximum Gasteiger partial charge on any atom is 0.243 e. The third-order valence-electron chi connectivity index (χ3n) is 4.37. The number of benzene rings is 2. The van der Waals surface area contributed by atoms with Crippen LogP contribution in [0.1, 0.15) is 24.8 Å². The van der Waals surface area contributed by atoms with Crippen molar-refractivity contribution in [2.24, 2.45) is 0 Å². The summed E-state index contributed by atoms with van der Waals surface area (Å²) in [5.41, 5.74) is 1.24. The van der Waals surface area contributed by atoms with Crippen molar-refractivity contribution in [1.29, 1.82) is 0 Å². The SMILES string of the molecule is O=C(Cc1ccc(S(=O)(=O)N2CCCCC2)cc1)Nc1cccc(O)c1. The van der Waals surface area contributed by atoms with Crippen LogP contribution in [-0.4, -0.2) is 36.8 Å². The molecule has 0 aliphatic carbocycles. The lowest BCUT2D eigenvalue weighted by molar-refractivity contribution is -0.115. The number of hydrogen-bond donors (Lipinski definition) is 2. The second kappa shape index (κ2) is 7.88. The molecule has 26 heavy (non-hydrogen) atoms. The van der Waals surface area contributed by atoms with E-state index >= 15 is 0 Å². The molecule has 1 saturated heterocycles. The van der Waals surface area contributed by atoms with Crippen LogP contribution in [-0.2, 0) is 21.2 Å². The van der Waals surface area contributed by atoms with Crippen LogP contribution in [0.2, 0.25) is 0 Å². The number of sulfonamides is 1. The van der Waals surface area contributed by atoms with Gasteiger partial charge < -0.3 is 10.4 Å². The van der Waals surface area contributed by atoms with Crippen LogP contribution >= 0.6 is 0 Å². The number of carbonyl (C=O) groups is 1. The van der Waals surface area contributed by atoms with Crippen molar-refractivity contribution in [3.63, 3.8) is 0 Å². The summed E-state index contributed by atoms with van der Waals surface area (Å²) in [4.78, 5) is 12.4. The molecule has 6 nitrogen and oxygen atoms in total. The van der Waals surface area contributed by atoms with E-state index in [1.807, 2.05) is 0 Å². The highest BCUT2D eigenvalue weighted by Gasteiger charge is 2.25. The van der Waals surface area contributed by atoms with Gasteiger partial charge in [-0.25, -0.2) is 8.42 Å². The normalized spacial score (nSPS) is 15.5. The molecule has 7 heteroatoms. The highest BCUT2D eigenvalue weighted by molar-refractivity contribution is 7.89. The molecule has 0 atom stereocenters. The molecule has 1 heterocycles. The van der Waals surface area contributed by atoms with E-state index in [2.05, 4.69) is 5.32 Å². The zero-order chi connectivity index (χ0) is 18.6. The minimum Gasteiger partial charge on any atom is -0.508 e. The smallest absolute Gasteiger partial charge is 0.243 e. The van der Waals surface area contributed by atoms with Crippen molar-refractivity contribution in [3.05, 3.63) is 54.1 Å². The van der Waals surface area contributed by atoms with Crippen molar-refractivity contribution in [3.8, 4) is 5.75 Å². The van der Waals surface area contributed by atoms with Crippen molar-refractivity contribution >= 4 is 21.6 Å². The fraction of sp³-hybridized carbons (Fsp3) is 0.316. The highest BCUT2D eigenvalue weighted by atomic mass is 32.2. The third kappa shape index (κ3) is 4.42. The third-order valence-corrected chi connectivity index (χ3v) is 6.28. The van der Waals surface area contributed by atoms with Gasteiger partial charge in [-0.1, -0.05) is 24.6 Å². The van der Waals surface area contributed by atoms with Crippen molar-refractivity contribution in [2.75, 3.05) is 18.4 Å². The largest absolute Gasteiger partial charge is 0.508 e. The molecule has 0 saturated carbocycles. The van der Waals surface area contributed by atoms with E-state index < -0.39 is 10.0 Å². The van der Waals surface area contributed by atoms with Gasteiger partial charge in [0.2, 0.25) is 15.9 Å². The minimum atomic E-state index is -3.46. The molecule has 138 valence electrons. The average molecular weight is 374 g/mol. The maximum absolute atomic E-state index is 12.6. The van der Waals surface area contributed by atoms with E-state index in [9.17, 15) is 18.3 Å². The molecule has 2 aromatic carbocycles. The molecule has 0 unspecified atom stereocenters. The molecule has 1 amide bonds. The molecule has 1 aliphatic heterocycles. The fourth-order valence-electron chi connectivity index (χ4n) is 3.01. The Morgan fingerprint density at radius 3 is 2.38 bits per heavy atom. The number of aromatic hydroxyl groups is 1. The molecule has 0 spiro atoms. The van der Waals surface area contributed by atoms with Gasteiger partial charge >= 0.3 is 0 Å². The fourth-order valence-corrected chi connectivity index (χ4v) is 4.52. The Hall–Kier alpha value is -2.38. The van der Waals surface area contributed by atoms with Gasteiger partial charge in [0.1, 0.15) is 5.75 Å². The van der Waals surface area contributed by atoms with Crippen molar-refractivity contribution in [1.82, 2.24) is 4.31 Å². The lowest BCUT2D eigenvalue weighted by atomic mass is 10.1. The van der Waals surface area contributed by atoms with Crippen LogP contribution < -0.4 is 5.32 Å². The summed E-state index contributed by atoms with van der Waals surface area (Å²) in [6, 6.07) is 12.8. The molecule has 3 rings (SSSR count). The first-order valence-corrected chi connectivity index (χ1v) is 10.1. The maximum atomic E-state index is 12.6. The average Bonchev–Trinajstić information content (AvgIpc) is 2.63. The predicted molar refractivity (Wildman–Crippen MR) is 99.5 cm³/mol. The summed E-state index contributed by atoms with van der Waals surface area (Å²) in [6.45, 7) is 1.13. The van der Waals surface area contributed by atoms with Crippen molar-refractivity contribution in [2.45, 2.75) is 30.6 Å². The van der Waals surface area contributed by atoms with Gasteiger partial charge in [-0.3, -0.25) is 4.79 Å². The number of phenols is 1. The first-order valence-electron chi connectivity index (χ1n) is 8.63. The molecule has 0 bridgehead atoms. The zero-order valence-corrected chi connectivity index (χ0v) is 15.2. The molecule has 1 fully saturated rings. The Morgan fingerprint density at radius 2 is 1.73 bits per heavy atom. The van der Waals surface area contributed by atoms with Crippen LogP contribution in [0.15, 0.2) is 53.4 Å². The number of piperidine rings is 1. The van der Waals surface area contributed by atoms with Gasteiger partial charge in [0.25, 0.3) is 0 Å². The van der Waals surface area contributed by atoms with Crippen LogP contribution in [0.4, 0.5) is 5.69 Å². The van der Waals surface area contributed by atoms with Gasteiger partial charge in [-0.2, -0.15) is 4.31 Å². The summed E-state index contributed by atoms with van der Waals surface area (Å²) >= 11 is 0. The number of anilines is 1. The molecular formula is C19H22N2O4S. The Balaban J connectivity index is 1.64. The summed E-state index contributed by atoms with van der Waals surface area (Å²) in [6.07, 6.45) is 2.98. The topological polar surface area (TPSA) is 86.7 Å². The van der Waals surface area contributed by atoms with Crippen LogP contribution in [0, 0.1) is 0 Å². The van der Waals surface area contributed by atoms with E-state index in [-0.39, 0.29) is 23.0 Å².